The van der Waals surface area contributed by atoms with E-state index >= 15 is 0 Å². The summed E-state index contributed by atoms with van der Waals surface area (Å²) in [5, 5.41) is 12.8. The summed E-state index contributed by atoms with van der Waals surface area (Å²) in [6, 6.07) is 6.35. The maximum absolute atomic E-state index is 11.9. The van der Waals surface area contributed by atoms with E-state index < -0.39 is 0 Å². The number of benzene rings is 1. The molecule has 1 aliphatic carbocycles. The summed E-state index contributed by atoms with van der Waals surface area (Å²) in [6.07, 6.45) is 4.01. The van der Waals surface area contributed by atoms with Gasteiger partial charge in [0.1, 0.15) is 0 Å². The molecule has 0 unspecified atom stereocenters. The first kappa shape index (κ1) is 16.4. The van der Waals surface area contributed by atoms with Crippen LogP contribution in [-0.2, 0) is 4.79 Å². The van der Waals surface area contributed by atoms with E-state index in [1.807, 2.05) is 0 Å². The van der Waals surface area contributed by atoms with Gasteiger partial charge in [0.2, 0.25) is 5.91 Å². The minimum absolute atomic E-state index is 0.0436. The Bertz CT molecular complexity index is 490. The molecule has 2 N–H and O–H groups in total. The van der Waals surface area contributed by atoms with Crippen LogP contribution in [0, 0.1) is 13.8 Å². The molecule has 1 aliphatic rings. The van der Waals surface area contributed by atoms with Crippen LogP contribution in [0.5, 0.6) is 0 Å². The van der Waals surface area contributed by atoms with E-state index in [1.54, 1.807) is 11.8 Å². The van der Waals surface area contributed by atoms with Crippen LogP contribution < -0.4 is 5.32 Å². The second kappa shape index (κ2) is 7.85. The largest absolute Gasteiger partial charge is 0.391 e. The minimum Gasteiger partial charge on any atom is -0.391 e. The van der Waals surface area contributed by atoms with Gasteiger partial charge in [-0.3, -0.25) is 4.79 Å². The van der Waals surface area contributed by atoms with Gasteiger partial charge in [-0.15, -0.1) is 11.8 Å². The molecule has 1 amide bonds. The lowest BCUT2D eigenvalue weighted by atomic mass is 9.92. The molecule has 2 rings (SSSR count). The summed E-state index contributed by atoms with van der Waals surface area (Å²) in [4.78, 5) is 13.1. The van der Waals surface area contributed by atoms with Gasteiger partial charge in [0.05, 0.1) is 12.1 Å². The molecule has 0 bridgehead atoms. The van der Waals surface area contributed by atoms with E-state index in [9.17, 15) is 9.90 Å². The maximum Gasteiger partial charge on any atom is 0.221 e. The quantitative estimate of drug-likeness (QED) is 0.821. The Labute approximate surface area is 131 Å². The molecule has 1 saturated carbocycles. The van der Waals surface area contributed by atoms with Crippen molar-refractivity contribution >= 4 is 17.7 Å². The van der Waals surface area contributed by atoms with Gasteiger partial charge in [0.15, 0.2) is 0 Å². The average molecular weight is 307 g/mol. The molecule has 0 spiro atoms. The van der Waals surface area contributed by atoms with Gasteiger partial charge in [-0.05, 0) is 49.9 Å². The second-order valence-corrected chi connectivity index (χ2v) is 7.04. The van der Waals surface area contributed by atoms with Crippen LogP contribution in [0.15, 0.2) is 23.1 Å². The number of thioether (sulfide) groups is 1. The van der Waals surface area contributed by atoms with Crippen LogP contribution in [0.1, 0.15) is 43.2 Å². The summed E-state index contributed by atoms with van der Waals surface area (Å²) in [5.74, 6) is 0.828. The topological polar surface area (TPSA) is 49.3 Å². The molecular formula is C17H25NO2S. The van der Waals surface area contributed by atoms with Crippen molar-refractivity contribution in [2.75, 3.05) is 5.75 Å². The molecule has 0 aromatic heterocycles. The number of aryl methyl sites for hydroxylation is 2. The van der Waals surface area contributed by atoms with E-state index in [0.717, 1.165) is 31.4 Å². The minimum atomic E-state index is -0.366. The van der Waals surface area contributed by atoms with Gasteiger partial charge in [0.25, 0.3) is 0 Å². The Kier molecular flexibility index (Phi) is 6.12. The van der Waals surface area contributed by atoms with Crippen LogP contribution in [0.4, 0.5) is 0 Å². The fourth-order valence-corrected chi connectivity index (χ4v) is 3.57. The molecule has 0 radical (unpaired) electrons. The first-order valence-corrected chi connectivity index (χ1v) is 8.72. The number of hydrogen-bond donors (Lipinski definition) is 2. The highest BCUT2D eigenvalue weighted by molar-refractivity contribution is 7.99. The second-order valence-electron chi connectivity index (χ2n) is 5.87. The van der Waals surface area contributed by atoms with E-state index in [-0.39, 0.29) is 18.1 Å². The number of hydrogen-bond acceptors (Lipinski definition) is 3. The van der Waals surface area contributed by atoms with E-state index in [4.69, 9.17) is 0 Å². The highest BCUT2D eigenvalue weighted by Crippen LogP contribution is 2.22. The fraction of sp³-hybridized carbons (Fsp3) is 0.588. The summed E-state index contributed by atoms with van der Waals surface area (Å²) < 4.78 is 0. The van der Waals surface area contributed by atoms with Crippen molar-refractivity contribution in [3.05, 3.63) is 29.3 Å². The van der Waals surface area contributed by atoms with Crippen molar-refractivity contribution in [1.29, 1.82) is 0 Å². The molecule has 2 atom stereocenters. The third-order valence-corrected chi connectivity index (χ3v) is 5.15. The van der Waals surface area contributed by atoms with Crippen LogP contribution >= 0.6 is 11.8 Å². The average Bonchev–Trinajstić information content (AvgIpc) is 2.45. The smallest absolute Gasteiger partial charge is 0.221 e. The monoisotopic (exact) mass is 307 g/mol. The number of nitrogens with one attached hydrogen (secondary N) is 1. The highest BCUT2D eigenvalue weighted by atomic mass is 32.2. The highest BCUT2D eigenvalue weighted by Gasteiger charge is 2.24. The van der Waals surface area contributed by atoms with Gasteiger partial charge < -0.3 is 10.4 Å². The molecule has 1 aromatic rings. The Hall–Kier alpha value is -1.00. The third kappa shape index (κ3) is 5.04. The summed E-state index contributed by atoms with van der Waals surface area (Å²) in [7, 11) is 0. The molecular weight excluding hydrogens is 282 g/mol. The van der Waals surface area contributed by atoms with E-state index in [2.05, 4.69) is 37.4 Å². The van der Waals surface area contributed by atoms with E-state index in [1.165, 1.54) is 16.0 Å². The predicted molar refractivity (Wildman–Crippen MR) is 87.7 cm³/mol. The van der Waals surface area contributed by atoms with Gasteiger partial charge in [0, 0.05) is 17.1 Å². The van der Waals surface area contributed by atoms with E-state index in [0.29, 0.717) is 6.42 Å². The summed E-state index contributed by atoms with van der Waals surface area (Å²) >= 11 is 1.71. The molecule has 21 heavy (non-hydrogen) atoms. The fourth-order valence-electron chi connectivity index (χ4n) is 2.62. The SMILES string of the molecule is Cc1ccc(SCCC(=O)N[C@H]2CCCC[C@@H]2O)cc1C. The van der Waals surface area contributed by atoms with Crippen LogP contribution in [0.2, 0.25) is 0 Å². The van der Waals surface area contributed by atoms with Gasteiger partial charge >= 0.3 is 0 Å². The first-order valence-electron chi connectivity index (χ1n) is 7.74. The molecule has 3 nitrogen and oxygen atoms in total. The zero-order valence-corrected chi connectivity index (χ0v) is 13.7. The zero-order valence-electron chi connectivity index (χ0n) is 12.9. The zero-order chi connectivity index (χ0) is 15.2. The number of amides is 1. The molecule has 1 aromatic carbocycles. The van der Waals surface area contributed by atoms with Gasteiger partial charge in [-0.1, -0.05) is 18.9 Å². The Morgan fingerprint density at radius 1 is 1.29 bits per heavy atom. The standard InChI is InChI=1S/C17H25NO2S/c1-12-7-8-14(11-13(12)2)21-10-9-17(20)18-15-5-3-4-6-16(15)19/h7-8,11,15-16,19H,3-6,9-10H2,1-2H3,(H,18,20)/t15-,16-/m0/s1. The number of carbonyl (C=O) groups is 1. The van der Waals surface area contributed by atoms with Gasteiger partial charge in [-0.25, -0.2) is 0 Å². The lowest BCUT2D eigenvalue weighted by Gasteiger charge is -2.28. The molecule has 0 saturated heterocycles. The third-order valence-electron chi connectivity index (χ3n) is 4.15. The first-order chi connectivity index (χ1) is 10.1. The molecule has 1 fully saturated rings. The Balaban J connectivity index is 1.72. The van der Waals surface area contributed by atoms with Crippen molar-refractivity contribution in [2.24, 2.45) is 0 Å². The van der Waals surface area contributed by atoms with Crippen molar-refractivity contribution in [1.82, 2.24) is 5.32 Å². The lowest BCUT2D eigenvalue weighted by Crippen LogP contribution is -2.45. The Morgan fingerprint density at radius 2 is 2.05 bits per heavy atom. The van der Waals surface area contributed by atoms with Crippen molar-refractivity contribution in [3.8, 4) is 0 Å². The summed E-state index contributed by atoms with van der Waals surface area (Å²) in [5.41, 5.74) is 2.58. The van der Waals surface area contributed by atoms with Crippen LogP contribution in [-0.4, -0.2) is 28.9 Å². The molecule has 0 heterocycles. The van der Waals surface area contributed by atoms with Crippen molar-refractivity contribution in [2.45, 2.75) is 63.0 Å². The predicted octanol–water partition coefficient (Wildman–Crippen LogP) is 3.21. The maximum atomic E-state index is 11.9. The lowest BCUT2D eigenvalue weighted by molar-refractivity contribution is -0.122. The van der Waals surface area contributed by atoms with Crippen LogP contribution in [0.25, 0.3) is 0 Å². The van der Waals surface area contributed by atoms with Crippen molar-refractivity contribution in [3.63, 3.8) is 0 Å². The van der Waals surface area contributed by atoms with Crippen molar-refractivity contribution < 1.29 is 9.90 Å². The molecule has 116 valence electrons. The number of aliphatic hydroxyl groups excluding tert-OH is 1. The van der Waals surface area contributed by atoms with Crippen LogP contribution in [0.3, 0.4) is 0 Å². The molecule has 0 aliphatic heterocycles. The normalized spacial score (nSPS) is 22.0. The summed E-state index contributed by atoms with van der Waals surface area (Å²) in [6.45, 7) is 4.21. The Morgan fingerprint density at radius 3 is 2.76 bits per heavy atom. The van der Waals surface area contributed by atoms with Gasteiger partial charge in [-0.2, -0.15) is 0 Å². The number of rotatable bonds is 5. The molecule has 4 heteroatoms. The number of carbonyl (C=O) groups excluding carboxylic acids is 1. The number of aliphatic hydroxyl groups is 1.